The van der Waals surface area contributed by atoms with Gasteiger partial charge in [0.15, 0.2) is 0 Å². The molecule has 0 aromatic heterocycles. The molecule has 1 aliphatic heterocycles. The maximum atomic E-state index is 4.09. The fourth-order valence-corrected chi connectivity index (χ4v) is 0.938. The van der Waals surface area contributed by atoms with Crippen LogP contribution in [0.25, 0.3) is 0 Å². The van der Waals surface area contributed by atoms with Crippen molar-refractivity contribution in [1.29, 1.82) is 0 Å². The van der Waals surface area contributed by atoms with Gasteiger partial charge in [0, 0.05) is 27.3 Å². The van der Waals surface area contributed by atoms with Gasteiger partial charge in [0.2, 0.25) is 0 Å². The van der Waals surface area contributed by atoms with Gasteiger partial charge in [-0.15, -0.1) is 0 Å². The molecule has 2 aliphatic rings. The van der Waals surface area contributed by atoms with E-state index < -0.39 is 0 Å². The Morgan fingerprint density at radius 3 is 3.00 bits per heavy atom. The zero-order valence-electron chi connectivity index (χ0n) is 5.36. The van der Waals surface area contributed by atoms with E-state index in [1.165, 1.54) is 0 Å². The summed E-state index contributed by atoms with van der Waals surface area (Å²) < 4.78 is 0. The SMILES string of the molecule is C1=CC2=NC=NC2C=C1.[Pb]. The van der Waals surface area contributed by atoms with Crippen LogP contribution in [0.4, 0.5) is 0 Å². The third-order valence-corrected chi connectivity index (χ3v) is 1.41. The second-order valence-corrected chi connectivity index (χ2v) is 2.01. The standard InChI is InChI=1S/C7H6N2.Pb/c1-2-4-7-6(3-1)8-5-9-7;/h1-6H;. The zero-order valence-corrected chi connectivity index (χ0v) is 9.25. The van der Waals surface area contributed by atoms with Crippen LogP contribution in [0, 0.1) is 0 Å². The monoisotopic (exact) mass is 326 g/mol. The van der Waals surface area contributed by atoms with Crippen molar-refractivity contribution in [3.63, 3.8) is 0 Å². The van der Waals surface area contributed by atoms with Gasteiger partial charge in [-0.1, -0.05) is 18.2 Å². The normalized spacial score (nSPS) is 25.6. The molecule has 3 heteroatoms. The number of rotatable bonds is 0. The van der Waals surface area contributed by atoms with Gasteiger partial charge in [-0.3, -0.25) is 4.99 Å². The van der Waals surface area contributed by atoms with Crippen LogP contribution in [0.3, 0.4) is 0 Å². The topological polar surface area (TPSA) is 24.7 Å². The Balaban J connectivity index is 0.000000500. The van der Waals surface area contributed by atoms with Gasteiger partial charge >= 0.3 is 0 Å². The minimum atomic E-state index is 0. The first-order valence-corrected chi connectivity index (χ1v) is 2.91. The van der Waals surface area contributed by atoms with Crippen molar-refractivity contribution in [2.75, 3.05) is 0 Å². The van der Waals surface area contributed by atoms with Crippen molar-refractivity contribution in [2.24, 2.45) is 9.98 Å². The van der Waals surface area contributed by atoms with Crippen molar-refractivity contribution in [3.05, 3.63) is 24.3 Å². The Morgan fingerprint density at radius 2 is 2.20 bits per heavy atom. The molecule has 10 heavy (non-hydrogen) atoms. The molecule has 0 amide bonds. The summed E-state index contributed by atoms with van der Waals surface area (Å²) in [6.45, 7) is 0. The summed E-state index contributed by atoms with van der Waals surface area (Å²) in [5.74, 6) is 0. The number of hydrogen-bond acceptors (Lipinski definition) is 2. The van der Waals surface area contributed by atoms with Gasteiger partial charge in [0.1, 0.15) is 12.4 Å². The van der Waals surface area contributed by atoms with Crippen LogP contribution in [-0.2, 0) is 0 Å². The van der Waals surface area contributed by atoms with Gasteiger partial charge in [0.25, 0.3) is 0 Å². The number of aliphatic imine (C=N–C) groups is 2. The van der Waals surface area contributed by atoms with Gasteiger partial charge < -0.3 is 0 Å². The third kappa shape index (κ3) is 1.26. The summed E-state index contributed by atoms with van der Waals surface area (Å²) in [6, 6.07) is 0.218. The summed E-state index contributed by atoms with van der Waals surface area (Å²) >= 11 is 0. The number of nitrogens with zero attached hydrogens (tertiary/aromatic N) is 2. The van der Waals surface area contributed by atoms with Crippen LogP contribution < -0.4 is 0 Å². The molecule has 1 heterocycles. The van der Waals surface area contributed by atoms with Crippen molar-refractivity contribution in [2.45, 2.75) is 6.04 Å². The van der Waals surface area contributed by atoms with Gasteiger partial charge in [-0.05, 0) is 6.08 Å². The predicted molar refractivity (Wildman–Crippen MR) is 43.7 cm³/mol. The molecule has 1 atom stereocenters. The molecule has 48 valence electrons. The van der Waals surface area contributed by atoms with E-state index in [2.05, 4.69) is 9.98 Å². The van der Waals surface area contributed by atoms with E-state index in [9.17, 15) is 0 Å². The van der Waals surface area contributed by atoms with E-state index in [1.54, 1.807) is 6.34 Å². The van der Waals surface area contributed by atoms with E-state index in [0.717, 1.165) is 5.71 Å². The van der Waals surface area contributed by atoms with Crippen molar-refractivity contribution < 1.29 is 0 Å². The summed E-state index contributed by atoms with van der Waals surface area (Å²) in [6.07, 6.45) is 9.59. The molecule has 0 N–H and O–H groups in total. The van der Waals surface area contributed by atoms with E-state index in [1.807, 2.05) is 24.3 Å². The van der Waals surface area contributed by atoms with E-state index in [4.69, 9.17) is 0 Å². The summed E-state index contributed by atoms with van der Waals surface area (Å²) in [5.41, 5.74) is 1.05. The maximum absolute atomic E-state index is 4.09. The van der Waals surface area contributed by atoms with Crippen molar-refractivity contribution in [3.8, 4) is 0 Å². The third-order valence-electron chi connectivity index (χ3n) is 1.41. The van der Waals surface area contributed by atoms with Crippen LogP contribution in [0.5, 0.6) is 0 Å². The Labute approximate surface area is 79.6 Å². The molecular weight excluding hydrogens is 319 g/mol. The first-order valence-electron chi connectivity index (χ1n) is 2.91. The molecule has 4 radical (unpaired) electrons. The maximum Gasteiger partial charge on any atom is 0.112 e. The fourth-order valence-electron chi connectivity index (χ4n) is 0.938. The minimum absolute atomic E-state index is 0. The number of allylic oxidation sites excluding steroid dienone is 2. The second-order valence-electron chi connectivity index (χ2n) is 2.01. The minimum Gasteiger partial charge on any atom is -0.260 e. The van der Waals surface area contributed by atoms with Crippen LogP contribution >= 0.6 is 0 Å². The second kappa shape index (κ2) is 3.23. The molecule has 0 saturated heterocycles. The number of fused-ring (bicyclic) bond motifs is 1. The molecule has 0 fully saturated rings. The Kier molecular flexibility index (Phi) is 2.53. The average Bonchev–Trinajstić information content (AvgIpc) is 2.33. The summed E-state index contributed by atoms with van der Waals surface area (Å²) in [5, 5.41) is 0. The smallest absolute Gasteiger partial charge is 0.112 e. The molecule has 2 nitrogen and oxygen atoms in total. The van der Waals surface area contributed by atoms with E-state index in [0.29, 0.717) is 0 Å². The Morgan fingerprint density at radius 1 is 1.30 bits per heavy atom. The zero-order chi connectivity index (χ0) is 6.10. The number of hydrogen-bond donors (Lipinski definition) is 0. The Bertz CT molecular complexity index is 238. The first kappa shape index (κ1) is 7.84. The molecular formula is C7H6N2Pb. The molecule has 2 rings (SSSR count). The van der Waals surface area contributed by atoms with Crippen LogP contribution in [0.2, 0.25) is 0 Å². The largest absolute Gasteiger partial charge is 0.260 e. The molecule has 0 spiro atoms. The molecule has 0 aromatic rings. The van der Waals surface area contributed by atoms with E-state index >= 15 is 0 Å². The quantitative estimate of drug-likeness (QED) is 0.582. The first-order chi connectivity index (χ1) is 4.47. The summed E-state index contributed by atoms with van der Waals surface area (Å²) in [7, 11) is 0. The molecule has 0 bridgehead atoms. The van der Waals surface area contributed by atoms with Crippen LogP contribution in [0.1, 0.15) is 0 Å². The van der Waals surface area contributed by atoms with Crippen LogP contribution in [0.15, 0.2) is 34.3 Å². The molecule has 0 saturated carbocycles. The fraction of sp³-hybridized carbons (Fsp3) is 0.143. The molecule has 1 aliphatic carbocycles. The predicted octanol–water partition coefficient (Wildman–Crippen LogP) is 0.583. The van der Waals surface area contributed by atoms with Gasteiger partial charge in [-0.25, -0.2) is 4.99 Å². The van der Waals surface area contributed by atoms with Gasteiger partial charge in [0.05, 0.1) is 5.71 Å². The molecule has 1 unspecified atom stereocenters. The van der Waals surface area contributed by atoms with Crippen molar-refractivity contribution >= 4 is 39.3 Å². The van der Waals surface area contributed by atoms with Gasteiger partial charge in [-0.2, -0.15) is 0 Å². The average molecular weight is 325 g/mol. The molecule has 0 aromatic carbocycles. The van der Waals surface area contributed by atoms with Crippen LogP contribution in [-0.4, -0.2) is 45.4 Å². The van der Waals surface area contributed by atoms with E-state index in [-0.39, 0.29) is 33.3 Å². The Hall–Kier alpha value is -0.258. The summed E-state index contributed by atoms with van der Waals surface area (Å²) in [4.78, 5) is 8.14. The van der Waals surface area contributed by atoms with Crippen molar-refractivity contribution in [1.82, 2.24) is 0 Å².